The van der Waals surface area contributed by atoms with Crippen molar-refractivity contribution >= 4 is 11.4 Å². The molecule has 3 aromatic carbocycles. The van der Waals surface area contributed by atoms with Crippen molar-refractivity contribution in [3.63, 3.8) is 0 Å². The largest absolute Gasteiger partial charge is 0.344 e. The number of anilines is 2. The first-order valence-electron chi connectivity index (χ1n) is 12.4. The van der Waals surface area contributed by atoms with E-state index in [-0.39, 0.29) is 0 Å². The molecule has 6 nitrogen and oxygen atoms in total. The van der Waals surface area contributed by atoms with Gasteiger partial charge in [0.2, 0.25) is 5.82 Å². The van der Waals surface area contributed by atoms with E-state index in [0.29, 0.717) is 5.82 Å². The van der Waals surface area contributed by atoms with Gasteiger partial charge < -0.3 is 4.90 Å². The number of aromatic nitrogens is 5. The number of hydrogen-bond acceptors (Lipinski definition) is 5. The van der Waals surface area contributed by atoms with Crippen LogP contribution in [-0.2, 0) is 12.8 Å². The maximum absolute atomic E-state index is 4.99. The van der Waals surface area contributed by atoms with E-state index in [1.807, 2.05) is 18.2 Å². The van der Waals surface area contributed by atoms with E-state index in [1.54, 1.807) is 0 Å². The van der Waals surface area contributed by atoms with Crippen molar-refractivity contribution in [3.05, 3.63) is 95.8 Å². The highest BCUT2D eigenvalue weighted by Gasteiger charge is 2.18. The summed E-state index contributed by atoms with van der Waals surface area (Å²) >= 11 is 0. The molecule has 5 aromatic rings. The van der Waals surface area contributed by atoms with Gasteiger partial charge in [-0.1, -0.05) is 80.1 Å². The highest BCUT2D eigenvalue weighted by molar-refractivity contribution is 5.85. The topological polar surface area (TPSA) is 70.6 Å². The van der Waals surface area contributed by atoms with Crippen LogP contribution in [0.1, 0.15) is 30.8 Å². The molecule has 2 aromatic heterocycles. The van der Waals surface area contributed by atoms with Gasteiger partial charge in [0.1, 0.15) is 0 Å². The minimum absolute atomic E-state index is 0.588. The van der Waals surface area contributed by atoms with Crippen molar-refractivity contribution in [2.24, 2.45) is 0 Å². The highest BCUT2D eigenvalue weighted by Crippen LogP contribution is 2.38. The summed E-state index contributed by atoms with van der Waals surface area (Å²) in [5.74, 6) is 0.588. The monoisotopic (exact) mass is 474 g/mol. The molecule has 0 saturated carbocycles. The third-order valence-corrected chi connectivity index (χ3v) is 6.60. The zero-order valence-corrected chi connectivity index (χ0v) is 21.2. The Morgan fingerprint density at radius 1 is 0.806 bits per heavy atom. The van der Waals surface area contributed by atoms with Gasteiger partial charge in [-0.25, -0.2) is 0 Å². The van der Waals surface area contributed by atoms with Crippen LogP contribution in [-0.4, -0.2) is 32.7 Å². The molecule has 0 radical (unpaired) electrons. The molecular weight excluding hydrogens is 444 g/mol. The first-order chi connectivity index (χ1) is 17.6. The lowest BCUT2D eigenvalue weighted by Crippen LogP contribution is -2.13. The second kappa shape index (κ2) is 10.1. The van der Waals surface area contributed by atoms with Crippen molar-refractivity contribution in [3.8, 4) is 33.6 Å². The van der Waals surface area contributed by atoms with E-state index in [9.17, 15) is 0 Å². The molecular formula is C30H30N6. The summed E-state index contributed by atoms with van der Waals surface area (Å²) in [6, 6.07) is 27.7. The molecule has 180 valence electrons. The van der Waals surface area contributed by atoms with Crippen LogP contribution in [0.2, 0.25) is 0 Å². The number of rotatable bonds is 7. The molecule has 0 aliphatic carbocycles. The second-order valence-corrected chi connectivity index (χ2v) is 8.91. The van der Waals surface area contributed by atoms with Crippen LogP contribution in [0, 0.1) is 6.92 Å². The van der Waals surface area contributed by atoms with Crippen LogP contribution < -0.4 is 4.90 Å². The van der Waals surface area contributed by atoms with Crippen molar-refractivity contribution in [1.29, 1.82) is 0 Å². The number of tetrazole rings is 1. The smallest absolute Gasteiger partial charge is 0.205 e. The summed E-state index contributed by atoms with van der Waals surface area (Å²) in [5, 5.41) is 14.6. The summed E-state index contributed by atoms with van der Waals surface area (Å²) < 4.78 is 0. The minimum Gasteiger partial charge on any atom is -0.344 e. The minimum atomic E-state index is 0.588. The molecule has 0 saturated heterocycles. The molecule has 2 heterocycles. The molecule has 1 N–H and O–H groups in total. The van der Waals surface area contributed by atoms with Gasteiger partial charge in [0.05, 0.1) is 11.4 Å². The van der Waals surface area contributed by atoms with E-state index < -0.39 is 0 Å². The number of H-pyrrole nitrogens is 1. The third kappa shape index (κ3) is 4.50. The maximum atomic E-state index is 4.99. The first kappa shape index (κ1) is 23.4. The van der Waals surface area contributed by atoms with Crippen LogP contribution in [0.5, 0.6) is 0 Å². The van der Waals surface area contributed by atoms with Crippen LogP contribution in [0.3, 0.4) is 0 Å². The molecule has 6 heteroatoms. The Morgan fingerprint density at radius 3 is 2.14 bits per heavy atom. The highest BCUT2D eigenvalue weighted by atomic mass is 15.5. The number of benzene rings is 3. The van der Waals surface area contributed by atoms with Gasteiger partial charge in [0.25, 0.3) is 0 Å². The quantitative estimate of drug-likeness (QED) is 0.281. The van der Waals surface area contributed by atoms with E-state index >= 15 is 0 Å². The average Bonchev–Trinajstić information content (AvgIpc) is 3.47. The molecule has 0 fully saturated rings. The van der Waals surface area contributed by atoms with Gasteiger partial charge >= 0.3 is 0 Å². The zero-order valence-electron chi connectivity index (χ0n) is 21.2. The molecule has 5 rings (SSSR count). The van der Waals surface area contributed by atoms with Crippen molar-refractivity contribution < 1.29 is 0 Å². The van der Waals surface area contributed by atoms with E-state index in [0.717, 1.165) is 46.6 Å². The normalized spacial score (nSPS) is 11.0. The summed E-state index contributed by atoms with van der Waals surface area (Å²) in [4.78, 5) is 7.25. The molecule has 0 amide bonds. The van der Waals surface area contributed by atoms with Crippen LogP contribution in [0.25, 0.3) is 33.6 Å². The Hall–Kier alpha value is -4.32. The number of hydrogen-bond donors (Lipinski definition) is 1. The van der Waals surface area contributed by atoms with Gasteiger partial charge in [0.15, 0.2) is 0 Å². The van der Waals surface area contributed by atoms with Crippen LogP contribution in [0.4, 0.5) is 11.4 Å². The average molecular weight is 475 g/mol. The van der Waals surface area contributed by atoms with E-state index in [2.05, 4.69) is 114 Å². The Kier molecular flexibility index (Phi) is 6.58. The van der Waals surface area contributed by atoms with E-state index in [4.69, 9.17) is 4.98 Å². The lowest BCUT2D eigenvalue weighted by atomic mass is 9.97. The summed E-state index contributed by atoms with van der Waals surface area (Å²) in [7, 11) is 2.13. The predicted octanol–water partition coefficient (Wildman–Crippen LogP) is 6.80. The van der Waals surface area contributed by atoms with Crippen LogP contribution in [0.15, 0.2) is 78.9 Å². The maximum Gasteiger partial charge on any atom is 0.205 e. The number of nitrogens with one attached hydrogen (secondary N) is 1. The fraction of sp³-hybridized carbons (Fsp3) is 0.200. The van der Waals surface area contributed by atoms with Gasteiger partial charge in [-0.05, 0) is 59.9 Å². The molecule has 0 bridgehead atoms. The Balaban J connectivity index is 1.56. The predicted molar refractivity (Wildman–Crippen MR) is 146 cm³/mol. The Labute approximate surface area is 212 Å². The van der Waals surface area contributed by atoms with Gasteiger partial charge in [0, 0.05) is 29.6 Å². The molecule has 36 heavy (non-hydrogen) atoms. The first-order valence-corrected chi connectivity index (χ1v) is 12.4. The number of pyridine rings is 1. The van der Waals surface area contributed by atoms with Gasteiger partial charge in [-0.3, -0.25) is 4.98 Å². The fourth-order valence-corrected chi connectivity index (χ4v) is 4.58. The van der Waals surface area contributed by atoms with E-state index in [1.165, 1.54) is 22.4 Å². The molecule has 0 unspecified atom stereocenters. The molecule has 0 atom stereocenters. The lowest BCUT2D eigenvalue weighted by Gasteiger charge is -2.25. The summed E-state index contributed by atoms with van der Waals surface area (Å²) in [5.41, 5.74) is 11.3. The van der Waals surface area contributed by atoms with Crippen molar-refractivity contribution in [2.45, 2.75) is 33.6 Å². The van der Waals surface area contributed by atoms with Gasteiger partial charge in [-0.15, -0.1) is 10.2 Å². The van der Waals surface area contributed by atoms with Gasteiger partial charge in [-0.2, -0.15) is 5.21 Å². The molecule has 0 spiro atoms. The van der Waals surface area contributed by atoms with Crippen molar-refractivity contribution in [1.82, 2.24) is 25.6 Å². The molecule has 0 aliphatic heterocycles. The standard InChI is InChI=1S/C30H30N6/c1-5-23-19-28(29(27(6-2)31-23)22-13-11-20(3)12-14-22)36(4)24-17-15-21(16-18-24)25-9-7-8-10-26(25)30-32-34-35-33-30/h7-19H,5-6H2,1-4H3,(H,32,33,34,35). The lowest BCUT2D eigenvalue weighted by molar-refractivity contribution is 0.881. The number of aromatic amines is 1. The SMILES string of the molecule is CCc1cc(N(C)c2ccc(-c3ccccc3-c3nn[nH]n3)cc2)c(-c2ccc(C)cc2)c(CC)n1. The van der Waals surface area contributed by atoms with Crippen LogP contribution >= 0.6 is 0 Å². The summed E-state index contributed by atoms with van der Waals surface area (Å²) in [6.45, 7) is 6.46. The Morgan fingerprint density at radius 2 is 1.50 bits per heavy atom. The zero-order chi connectivity index (χ0) is 25.1. The Bertz CT molecular complexity index is 1460. The fourth-order valence-electron chi connectivity index (χ4n) is 4.58. The third-order valence-electron chi connectivity index (χ3n) is 6.60. The van der Waals surface area contributed by atoms with Crippen molar-refractivity contribution in [2.75, 3.05) is 11.9 Å². The summed E-state index contributed by atoms with van der Waals surface area (Å²) in [6.07, 6.45) is 1.78. The molecule has 0 aliphatic rings. The number of aryl methyl sites for hydroxylation is 3. The second-order valence-electron chi connectivity index (χ2n) is 8.91. The number of nitrogens with zero attached hydrogens (tertiary/aromatic N) is 5.